The summed E-state index contributed by atoms with van der Waals surface area (Å²) < 4.78 is 1.74. The van der Waals surface area contributed by atoms with Crippen LogP contribution < -0.4 is 5.73 Å². The maximum atomic E-state index is 6.07. The first kappa shape index (κ1) is 10.4. The number of aromatic nitrogens is 3. The van der Waals surface area contributed by atoms with Crippen LogP contribution in [0.25, 0.3) is 5.82 Å². The minimum absolute atomic E-state index is 0.547. The molecule has 2 rings (SSSR count). The summed E-state index contributed by atoms with van der Waals surface area (Å²) in [5.41, 5.74) is 7.34. The number of anilines is 1. The molecule has 15 heavy (non-hydrogen) atoms. The van der Waals surface area contributed by atoms with E-state index in [9.17, 15) is 0 Å². The molecule has 0 saturated carbocycles. The highest BCUT2D eigenvalue weighted by atomic mass is 35.5. The molecule has 2 N–H and O–H groups in total. The van der Waals surface area contributed by atoms with E-state index in [0.29, 0.717) is 10.2 Å². The molecule has 0 aliphatic rings. The Morgan fingerprint density at radius 2 is 2.00 bits per heavy atom. The van der Waals surface area contributed by atoms with Crippen LogP contribution in [0.4, 0.5) is 5.13 Å². The summed E-state index contributed by atoms with van der Waals surface area (Å²) in [7, 11) is 0. The van der Waals surface area contributed by atoms with E-state index >= 15 is 0 Å². The van der Waals surface area contributed by atoms with Gasteiger partial charge in [-0.3, -0.25) is 0 Å². The molecular formula is C9H11ClN4S. The fraction of sp³-hybridized carbons (Fsp3) is 0.333. The third-order valence-corrected chi connectivity index (χ3v) is 3.53. The molecule has 0 spiro atoms. The van der Waals surface area contributed by atoms with Gasteiger partial charge in [0.05, 0.1) is 16.4 Å². The summed E-state index contributed by atoms with van der Waals surface area (Å²) in [4.78, 5) is 5.27. The number of hydrogen-bond acceptors (Lipinski definition) is 4. The monoisotopic (exact) mass is 242 g/mol. The Morgan fingerprint density at radius 3 is 2.40 bits per heavy atom. The van der Waals surface area contributed by atoms with Gasteiger partial charge in [-0.05, 0) is 20.8 Å². The minimum atomic E-state index is 0.547. The summed E-state index contributed by atoms with van der Waals surface area (Å²) >= 11 is 7.52. The van der Waals surface area contributed by atoms with Crippen molar-refractivity contribution in [3.8, 4) is 5.82 Å². The van der Waals surface area contributed by atoms with Crippen LogP contribution in [0.2, 0.25) is 5.02 Å². The van der Waals surface area contributed by atoms with Crippen molar-refractivity contribution in [3.05, 3.63) is 21.3 Å². The molecule has 2 aromatic rings. The zero-order chi connectivity index (χ0) is 11.2. The van der Waals surface area contributed by atoms with E-state index in [1.165, 1.54) is 11.3 Å². The highest BCUT2D eigenvalue weighted by Crippen LogP contribution is 2.27. The lowest BCUT2D eigenvalue weighted by Gasteiger charge is -2.00. The van der Waals surface area contributed by atoms with Gasteiger partial charge in [0.2, 0.25) is 0 Å². The molecule has 2 aromatic heterocycles. The molecule has 0 aliphatic heterocycles. The van der Waals surface area contributed by atoms with Crippen LogP contribution in [0.1, 0.15) is 16.3 Å². The molecule has 0 atom stereocenters. The molecule has 0 aromatic carbocycles. The lowest BCUT2D eigenvalue weighted by molar-refractivity contribution is 0.808. The first-order valence-electron chi connectivity index (χ1n) is 4.45. The standard InChI is InChI=1S/C9H11ClN4S/c1-4-7(10)5(2)14(13-4)8-6(3)15-9(11)12-8/h1-3H3,(H2,11,12). The minimum Gasteiger partial charge on any atom is -0.375 e. The van der Waals surface area contributed by atoms with E-state index in [-0.39, 0.29) is 0 Å². The molecule has 0 aliphatic carbocycles. The number of nitrogen functional groups attached to an aromatic ring is 1. The smallest absolute Gasteiger partial charge is 0.182 e. The topological polar surface area (TPSA) is 56.7 Å². The first-order valence-corrected chi connectivity index (χ1v) is 5.65. The van der Waals surface area contributed by atoms with Crippen LogP contribution in [-0.4, -0.2) is 14.8 Å². The van der Waals surface area contributed by atoms with Crippen LogP contribution >= 0.6 is 22.9 Å². The number of thiazole rings is 1. The third-order valence-electron chi connectivity index (χ3n) is 2.19. The van der Waals surface area contributed by atoms with Gasteiger partial charge in [0.15, 0.2) is 10.9 Å². The molecule has 0 unspecified atom stereocenters. The Labute approximate surface area is 96.7 Å². The van der Waals surface area contributed by atoms with Gasteiger partial charge in [-0.2, -0.15) is 5.10 Å². The number of rotatable bonds is 1. The largest absolute Gasteiger partial charge is 0.375 e. The van der Waals surface area contributed by atoms with Gasteiger partial charge in [0.1, 0.15) is 0 Å². The van der Waals surface area contributed by atoms with E-state index in [1.54, 1.807) is 4.68 Å². The Kier molecular flexibility index (Phi) is 2.44. The molecule has 0 saturated heterocycles. The SMILES string of the molecule is Cc1nn(-c2nc(N)sc2C)c(C)c1Cl. The zero-order valence-electron chi connectivity index (χ0n) is 8.71. The summed E-state index contributed by atoms with van der Waals surface area (Å²) in [5.74, 6) is 0.769. The van der Waals surface area contributed by atoms with Crippen LogP contribution in [0.5, 0.6) is 0 Å². The number of nitrogens with zero attached hydrogens (tertiary/aromatic N) is 3. The Balaban J connectivity index is 2.64. The van der Waals surface area contributed by atoms with Crippen molar-refractivity contribution in [3.63, 3.8) is 0 Å². The van der Waals surface area contributed by atoms with E-state index < -0.39 is 0 Å². The lowest BCUT2D eigenvalue weighted by atomic mass is 10.4. The average Bonchev–Trinajstić information content (AvgIpc) is 2.61. The van der Waals surface area contributed by atoms with Gasteiger partial charge >= 0.3 is 0 Å². The van der Waals surface area contributed by atoms with Gasteiger partial charge in [-0.25, -0.2) is 9.67 Å². The number of aryl methyl sites for hydroxylation is 2. The van der Waals surface area contributed by atoms with Crippen LogP contribution in [0.3, 0.4) is 0 Å². The van der Waals surface area contributed by atoms with Crippen LogP contribution in [-0.2, 0) is 0 Å². The van der Waals surface area contributed by atoms with Crippen molar-refractivity contribution in [2.75, 3.05) is 5.73 Å². The second-order valence-electron chi connectivity index (χ2n) is 3.33. The quantitative estimate of drug-likeness (QED) is 0.836. The molecule has 0 bridgehead atoms. The first-order chi connectivity index (χ1) is 7.00. The average molecular weight is 243 g/mol. The molecule has 2 heterocycles. The number of hydrogen-bond donors (Lipinski definition) is 1. The molecule has 0 radical (unpaired) electrons. The van der Waals surface area contributed by atoms with E-state index in [4.69, 9.17) is 17.3 Å². The Bertz CT molecular complexity index is 514. The predicted molar refractivity (Wildman–Crippen MR) is 62.9 cm³/mol. The van der Waals surface area contributed by atoms with E-state index in [0.717, 1.165) is 22.1 Å². The van der Waals surface area contributed by atoms with Crippen molar-refractivity contribution in [1.29, 1.82) is 0 Å². The van der Waals surface area contributed by atoms with Crippen molar-refractivity contribution in [1.82, 2.24) is 14.8 Å². The lowest BCUT2D eigenvalue weighted by Crippen LogP contribution is -2.01. The summed E-state index contributed by atoms with van der Waals surface area (Å²) in [5, 5.41) is 5.56. The second-order valence-corrected chi connectivity index (χ2v) is 4.94. The zero-order valence-corrected chi connectivity index (χ0v) is 10.3. The highest BCUT2D eigenvalue weighted by molar-refractivity contribution is 7.15. The van der Waals surface area contributed by atoms with E-state index in [1.807, 2.05) is 20.8 Å². The summed E-state index contributed by atoms with van der Waals surface area (Å²) in [6.45, 7) is 5.75. The third kappa shape index (κ3) is 1.61. The van der Waals surface area contributed by atoms with Crippen LogP contribution in [0.15, 0.2) is 0 Å². The van der Waals surface area contributed by atoms with Crippen molar-refractivity contribution in [2.24, 2.45) is 0 Å². The molecular weight excluding hydrogens is 232 g/mol. The van der Waals surface area contributed by atoms with Gasteiger partial charge < -0.3 is 5.73 Å². The maximum absolute atomic E-state index is 6.07. The molecule has 4 nitrogen and oxygen atoms in total. The van der Waals surface area contributed by atoms with Gasteiger partial charge in [-0.1, -0.05) is 11.6 Å². The normalized spacial score (nSPS) is 10.9. The predicted octanol–water partition coefficient (Wildman–Crippen LogP) is 2.49. The highest BCUT2D eigenvalue weighted by Gasteiger charge is 2.15. The fourth-order valence-electron chi connectivity index (χ4n) is 1.43. The Hall–Kier alpha value is -1.07. The van der Waals surface area contributed by atoms with Crippen molar-refractivity contribution < 1.29 is 0 Å². The van der Waals surface area contributed by atoms with E-state index in [2.05, 4.69) is 10.1 Å². The molecule has 80 valence electrons. The van der Waals surface area contributed by atoms with Gasteiger partial charge in [0, 0.05) is 4.88 Å². The summed E-state index contributed by atoms with van der Waals surface area (Å²) in [6.07, 6.45) is 0. The van der Waals surface area contributed by atoms with Crippen molar-refractivity contribution >= 4 is 28.1 Å². The summed E-state index contributed by atoms with van der Waals surface area (Å²) in [6, 6.07) is 0. The fourth-order valence-corrected chi connectivity index (χ4v) is 2.22. The van der Waals surface area contributed by atoms with Gasteiger partial charge in [0.25, 0.3) is 0 Å². The Morgan fingerprint density at radius 1 is 1.33 bits per heavy atom. The second kappa shape index (κ2) is 3.50. The number of halogens is 1. The number of nitrogens with two attached hydrogens (primary N) is 1. The van der Waals surface area contributed by atoms with Gasteiger partial charge in [-0.15, -0.1) is 11.3 Å². The molecule has 0 amide bonds. The molecule has 6 heteroatoms. The van der Waals surface area contributed by atoms with Crippen molar-refractivity contribution in [2.45, 2.75) is 20.8 Å². The van der Waals surface area contributed by atoms with Crippen LogP contribution in [0, 0.1) is 20.8 Å². The maximum Gasteiger partial charge on any atom is 0.182 e. The molecule has 0 fully saturated rings.